The van der Waals surface area contributed by atoms with Crippen LogP contribution < -0.4 is 10.5 Å². The lowest BCUT2D eigenvalue weighted by Gasteiger charge is -2.15. The van der Waals surface area contributed by atoms with Crippen molar-refractivity contribution < 1.29 is 9.13 Å². The van der Waals surface area contributed by atoms with Crippen molar-refractivity contribution in [1.29, 1.82) is 0 Å². The van der Waals surface area contributed by atoms with Gasteiger partial charge in [-0.2, -0.15) is 0 Å². The lowest BCUT2D eigenvalue weighted by molar-refractivity contribution is 0.391. The van der Waals surface area contributed by atoms with Crippen LogP contribution in [0.25, 0.3) is 10.8 Å². The summed E-state index contributed by atoms with van der Waals surface area (Å²) in [5, 5.41) is 1.99. The summed E-state index contributed by atoms with van der Waals surface area (Å²) in [5.41, 5.74) is 6.52. The molecule has 2 rings (SSSR count). The lowest BCUT2D eigenvalue weighted by Crippen LogP contribution is -2.14. The molecule has 0 aromatic heterocycles. The fraction of sp³-hybridized carbons (Fsp3) is 0.231. The van der Waals surface area contributed by atoms with E-state index in [-0.39, 0.29) is 0 Å². The molecule has 0 amide bonds. The van der Waals surface area contributed by atoms with Gasteiger partial charge in [-0.25, -0.2) is 4.39 Å². The van der Waals surface area contributed by atoms with Crippen LogP contribution in [-0.2, 0) is 0 Å². The minimum Gasteiger partial charge on any atom is -0.496 e. The zero-order chi connectivity index (χ0) is 11.5. The Morgan fingerprint density at radius 2 is 2.00 bits per heavy atom. The molecule has 0 spiro atoms. The van der Waals surface area contributed by atoms with Crippen LogP contribution in [0.15, 0.2) is 36.4 Å². The van der Waals surface area contributed by atoms with Gasteiger partial charge in [-0.05, 0) is 16.8 Å². The number of ether oxygens (including phenoxy) is 1. The molecular weight excluding hydrogens is 205 g/mol. The van der Waals surface area contributed by atoms with Gasteiger partial charge in [0.15, 0.2) is 0 Å². The average molecular weight is 219 g/mol. The summed E-state index contributed by atoms with van der Waals surface area (Å²) >= 11 is 0. The highest BCUT2D eigenvalue weighted by Gasteiger charge is 2.15. The van der Waals surface area contributed by atoms with Crippen LogP contribution in [0, 0.1) is 0 Å². The third-order valence-corrected chi connectivity index (χ3v) is 2.69. The van der Waals surface area contributed by atoms with Crippen molar-refractivity contribution in [3.63, 3.8) is 0 Å². The second kappa shape index (κ2) is 4.49. The first-order valence-corrected chi connectivity index (χ1v) is 5.15. The standard InChI is InChI=1S/C13H14FNO/c1-16-12-7-6-9-4-2-3-5-10(9)13(12)11(15)8-14/h2-7,11H,8,15H2,1H3/t11-/m1/s1. The van der Waals surface area contributed by atoms with E-state index < -0.39 is 12.7 Å². The number of alkyl halides is 1. The molecule has 0 unspecified atom stereocenters. The van der Waals surface area contributed by atoms with Crippen LogP contribution in [0.2, 0.25) is 0 Å². The maximum atomic E-state index is 12.7. The average Bonchev–Trinajstić information content (AvgIpc) is 2.36. The summed E-state index contributed by atoms with van der Waals surface area (Å²) in [6, 6.07) is 10.9. The van der Waals surface area contributed by atoms with Crippen LogP contribution >= 0.6 is 0 Å². The molecule has 0 heterocycles. The fourth-order valence-electron chi connectivity index (χ4n) is 1.91. The van der Waals surface area contributed by atoms with E-state index in [1.807, 2.05) is 36.4 Å². The second-order valence-corrected chi connectivity index (χ2v) is 3.66. The number of methoxy groups -OCH3 is 1. The van der Waals surface area contributed by atoms with Gasteiger partial charge in [0, 0.05) is 5.56 Å². The Morgan fingerprint density at radius 1 is 1.25 bits per heavy atom. The number of hydrogen-bond acceptors (Lipinski definition) is 2. The van der Waals surface area contributed by atoms with E-state index in [9.17, 15) is 4.39 Å². The maximum absolute atomic E-state index is 12.7. The molecule has 3 heteroatoms. The monoisotopic (exact) mass is 219 g/mol. The van der Waals surface area contributed by atoms with Crippen molar-refractivity contribution in [3.8, 4) is 5.75 Å². The van der Waals surface area contributed by atoms with Crippen molar-refractivity contribution >= 4 is 10.8 Å². The third kappa shape index (κ3) is 1.74. The number of fused-ring (bicyclic) bond motifs is 1. The summed E-state index contributed by atoms with van der Waals surface area (Å²) in [5.74, 6) is 0.642. The molecule has 0 saturated carbocycles. The van der Waals surface area contributed by atoms with Gasteiger partial charge in [0.2, 0.25) is 0 Å². The minimum absolute atomic E-state index is 0.593. The predicted molar refractivity (Wildman–Crippen MR) is 63.4 cm³/mol. The third-order valence-electron chi connectivity index (χ3n) is 2.69. The van der Waals surface area contributed by atoms with E-state index in [2.05, 4.69) is 0 Å². The predicted octanol–water partition coefficient (Wildman–Crippen LogP) is 2.82. The molecule has 0 aliphatic rings. The van der Waals surface area contributed by atoms with E-state index in [0.29, 0.717) is 5.75 Å². The summed E-state index contributed by atoms with van der Waals surface area (Å²) in [7, 11) is 1.57. The van der Waals surface area contributed by atoms with Crippen molar-refractivity contribution in [1.82, 2.24) is 0 Å². The molecule has 0 bridgehead atoms. The molecular formula is C13H14FNO. The number of rotatable bonds is 3. The van der Waals surface area contributed by atoms with Gasteiger partial charge in [0.1, 0.15) is 12.4 Å². The van der Waals surface area contributed by atoms with Crippen LogP contribution in [0.4, 0.5) is 4.39 Å². The Labute approximate surface area is 93.8 Å². The summed E-state index contributed by atoms with van der Waals surface area (Å²) in [4.78, 5) is 0. The second-order valence-electron chi connectivity index (χ2n) is 3.66. The first-order valence-electron chi connectivity index (χ1n) is 5.15. The van der Waals surface area contributed by atoms with E-state index in [4.69, 9.17) is 10.5 Å². The smallest absolute Gasteiger partial charge is 0.124 e. The highest BCUT2D eigenvalue weighted by atomic mass is 19.1. The van der Waals surface area contributed by atoms with Crippen LogP contribution in [-0.4, -0.2) is 13.8 Å². The normalized spacial score (nSPS) is 12.7. The van der Waals surface area contributed by atoms with Gasteiger partial charge in [0.05, 0.1) is 13.2 Å². The van der Waals surface area contributed by atoms with Crippen molar-refractivity contribution in [2.24, 2.45) is 5.73 Å². The molecule has 2 nitrogen and oxygen atoms in total. The molecule has 2 aromatic rings. The first kappa shape index (κ1) is 10.9. The molecule has 0 fully saturated rings. The summed E-state index contributed by atoms with van der Waals surface area (Å²) in [6.07, 6.45) is 0. The van der Waals surface area contributed by atoms with Crippen LogP contribution in [0.3, 0.4) is 0 Å². The Morgan fingerprint density at radius 3 is 2.69 bits per heavy atom. The zero-order valence-electron chi connectivity index (χ0n) is 9.11. The molecule has 0 saturated heterocycles. The fourth-order valence-corrected chi connectivity index (χ4v) is 1.91. The Balaban J connectivity index is 2.72. The van der Waals surface area contributed by atoms with Gasteiger partial charge >= 0.3 is 0 Å². The topological polar surface area (TPSA) is 35.2 Å². The Hall–Kier alpha value is -1.61. The van der Waals surface area contributed by atoms with Gasteiger partial charge in [-0.3, -0.25) is 0 Å². The summed E-state index contributed by atoms with van der Waals surface area (Å²) < 4.78 is 18.0. The van der Waals surface area contributed by atoms with E-state index >= 15 is 0 Å². The van der Waals surface area contributed by atoms with E-state index in [1.165, 1.54) is 0 Å². The lowest BCUT2D eigenvalue weighted by atomic mass is 9.98. The number of benzene rings is 2. The van der Waals surface area contributed by atoms with E-state index in [1.54, 1.807) is 7.11 Å². The largest absolute Gasteiger partial charge is 0.496 e. The molecule has 2 N–H and O–H groups in total. The molecule has 84 valence electrons. The number of nitrogens with two attached hydrogens (primary N) is 1. The first-order chi connectivity index (χ1) is 7.77. The van der Waals surface area contributed by atoms with Crippen molar-refractivity contribution in [2.75, 3.05) is 13.8 Å². The minimum atomic E-state index is -0.638. The van der Waals surface area contributed by atoms with Gasteiger partial charge in [-0.15, -0.1) is 0 Å². The Bertz CT molecular complexity index is 498. The molecule has 2 aromatic carbocycles. The molecule has 0 aliphatic heterocycles. The highest BCUT2D eigenvalue weighted by Crippen LogP contribution is 2.32. The maximum Gasteiger partial charge on any atom is 0.124 e. The highest BCUT2D eigenvalue weighted by molar-refractivity contribution is 5.88. The quantitative estimate of drug-likeness (QED) is 0.861. The van der Waals surface area contributed by atoms with Crippen LogP contribution in [0.5, 0.6) is 5.75 Å². The van der Waals surface area contributed by atoms with Gasteiger partial charge < -0.3 is 10.5 Å². The molecule has 0 aliphatic carbocycles. The SMILES string of the molecule is COc1ccc2ccccc2c1[C@H](N)CF. The Kier molecular flexibility index (Phi) is 3.06. The summed E-state index contributed by atoms with van der Waals surface area (Å²) in [6.45, 7) is -0.593. The molecule has 0 radical (unpaired) electrons. The van der Waals surface area contributed by atoms with Gasteiger partial charge in [-0.1, -0.05) is 30.3 Å². The van der Waals surface area contributed by atoms with E-state index in [0.717, 1.165) is 16.3 Å². The molecule has 1 atom stereocenters. The van der Waals surface area contributed by atoms with Gasteiger partial charge in [0.25, 0.3) is 0 Å². The molecule has 16 heavy (non-hydrogen) atoms. The van der Waals surface area contributed by atoms with Crippen LogP contribution in [0.1, 0.15) is 11.6 Å². The number of hydrogen-bond donors (Lipinski definition) is 1. The number of halogens is 1. The van der Waals surface area contributed by atoms with Crippen molar-refractivity contribution in [2.45, 2.75) is 6.04 Å². The van der Waals surface area contributed by atoms with Crippen molar-refractivity contribution in [3.05, 3.63) is 42.0 Å². The zero-order valence-corrected chi connectivity index (χ0v) is 9.11.